The van der Waals surface area contributed by atoms with Crippen molar-refractivity contribution in [2.45, 2.75) is 13.8 Å². The zero-order chi connectivity index (χ0) is 17.6. The molecule has 0 atom stereocenters. The lowest BCUT2D eigenvalue weighted by Gasteiger charge is -2.15. The second-order valence-electron chi connectivity index (χ2n) is 5.48. The zero-order valence-electron chi connectivity index (χ0n) is 14.3. The number of nitrogens with zero attached hydrogens (tertiary/aromatic N) is 2. The van der Waals surface area contributed by atoms with Gasteiger partial charge in [0, 0.05) is 5.69 Å². The first kappa shape index (κ1) is 16.6. The molecule has 1 heterocycles. The van der Waals surface area contributed by atoms with Gasteiger partial charge in [-0.2, -0.15) is 0 Å². The van der Waals surface area contributed by atoms with Gasteiger partial charge in [-0.25, -0.2) is 9.97 Å². The minimum Gasteiger partial charge on any atom is -0.492 e. The molecule has 0 saturated heterocycles. The van der Waals surface area contributed by atoms with E-state index in [0.717, 1.165) is 22.7 Å². The van der Waals surface area contributed by atoms with Gasteiger partial charge in [0.1, 0.15) is 17.8 Å². The Balaban J connectivity index is 1.88. The smallest absolute Gasteiger partial charge is 0.159 e. The van der Waals surface area contributed by atoms with Crippen molar-refractivity contribution in [2.75, 3.05) is 23.0 Å². The molecule has 0 aliphatic carbocycles. The predicted molar refractivity (Wildman–Crippen MR) is 102 cm³/mol. The highest BCUT2D eigenvalue weighted by Gasteiger charge is 2.11. The Morgan fingerprint density at radius 2 is 1.52 bits per heavy atom. The molecule has 25 heavy (non-hydrogen) atoms. The van der Waals surface area contributed by atoms with E-state index in [-0.39, 0.29) is 0 Å². The van der Waals surface area contributed by atoms with E-state index < -0.39 is 0 Å². The van der Waals surface area contributed by atoms with E-state index in [4.69, 9.17) is 10.5 Å². The highest BCUT2D eigenvalue weighted by atomic mass is 16.5. The van der Waals surface area contributed by atoms with Crippen molar-refractivity contribution in [1.29, 1.82) is 0 Å². The van der Waals surface area contributed by atoms with Crippen LogP contribution < -0.4 is 21.1 Å². The third-order valence-electron chi connectivity index (χ3n) is 3.72. The molecule has 0 aliphatic heterocycles. The number of anilines is 5. The third kappa shape index (κ3) is 3.80. The first-order valence-corrected chi connectivity index (χ1v) is 8.11. The normalized spacial score (nSPS) is 10.3. The first-order chi connectivity index (χ1) is 12.2. The maximum Gasteiger partial charge on any atom is 0.159 e. The second-order valence-corrected chi connectivity index (χ2v) is 5.48. The molecule has 0 spiro atoms. The molecule has 6 heteroatoms. The Kier molecular flexibility index (Phi) is 4.99. The third-order valence-corrected chi connectivity index (χ3v) is 3.72. The SMILES string of the molecule is CCOc1ccccc1Nc1ncnc(Nc2ccccc2C)c1N. The van der Waals surface area contributed by atoms with E-state index in [9.17, 15) is 0 Å². The number of hydrogen-bond acceptors (Lipinski definition) is 6. The largest absolute Gasteiger partial charge is 0.492 e. The summed E-state index contributed by atoms with van der Waals surface area (Å²) in [7, 11) is 0. The second kappa shape index (κ2) is 7.53. The lowest BCUT2D eigenvalue weighted by atomic mass is 10.2. The number of nitrogen functional groups attached to an aromatic ring is 1. The standard InChI is InChI=1S/C19H21N5O/c1-3-25-16-11-7-6-10-15(16)24-19-17(20)18(21-12-22-19)23-14-9-5-4-8-13(14)2/h4-12H,3,20H2,1-2H3,(H2,21,22,23,24). The predicted octanol–water partition coefficient (Wildman–Crippen LogP) is 4.25. The summed E-state index contributed by atoms with van der Waals surface area (Å²) >= 11 is 0. The highest BCUT2D eigenvalue weighted by Crippen LogP contribution is 2.32. The van der Waals surface area contributed by atoms with Gasteiger partial charge in [-0.15, -0.1) is 0 Å². The van der Waals surface area contributed by atoms with Crippen LogP contribution in [0.15, 0.2) is 54.9 Å². The van der Waals surface area contributed by atoms with Crippen molar-refractivity contribution < 1.29 is 4.74 Å². The van der Waals surface area contributed by atoms with Gasteiger partial charge in [-0.05, 0) is 37.6 Å². The molecule has 6 nitrogen and oxygen atoms in total. The van der Waals surface area contributed by atoms with Gasteiger partial charge in [0.2, 0.25) is 0 Å². The van der Waals surface area contributed by atoms with E-state index in [1.165, 1.54) is 6.33 Å². The summed E-state index contributed by atoms with van der Waals surface area (Å²) in [4.78, 5) is 8.51. The molecule has 0 amide bonds. The number of aryl methyl sites for hydroxylation is 1. The maximum absolute atomic E-state index is 6.26. The van der Waals surface area contributed by atoms with Crippen molar-refractivity contribution in [3.8, 4) is 5.75 Å². The summed E-state index contributed by atoms with van der Waals surface area (Å²) in [6.45, 7) is 4.55. The van der Waals surface area contributed by atoms with Crippen molar-refractivity contribution in [2.24, 2.45) is 0 Å². The summed E-state index contributed by atoms with van der Waals surface area (Å²) < 4.78 is 5.63. The van der Waals surface area contributed by atoms with E-state index >= 15 is 0 Å². The molecular weight excluding hydrogens is 314 g/mol. The fourth-order valence-electron chi connectivity index (χ4n) is 2.41. The minimum absolute atomic E-state index is 0.442. The van der Waals surface area contributed by atoms with Gasteiger partial charge < -0.3 is 21.1 Å². The van der Waals surface area contributed by atoms with E-state index in [1.807, 2.05) is 62.4 Å². The lowest BCUT2D eigenvalue weighted by Crippen LogP contribution is -2.06. The molecule has 4 N–H and O–H groups in total. The van der Waals surface area contributed by atoms with Crippen LogP contribution in [0.3, 0.4) is 0 Å². The Labute approximate surface area is 147 Å². The summed E-state index contributed by atoms with van der Waals surface area (Å²) in [6.07, 6.45) is 1.47. The molecular formula is C19H21N5O. The van der Waals surface area contributed by atoms with Gasteiger partial charge in [0.05, 0.1) is 12.3 Å². The molecule has 2 aromatic carbocycles. The van der Waals surface area contributed by atoms with E-state index in [0.29, 0.717) is 23.9 Å². The topological polar surface area (TPSA) is 85.1 Å². The molecule has 1 aromatic heterocycles. The number of nitrogens with one attached hydrogen (secondary N) is 2. The molecule has 3 aromatic rings. The van der Waals surface area contributed by atoms with Gasteiger partial charge in [0.15, 0.2) is 11.6 Å². The number of ether oxygens (including phenoxy) is 1. The van der Waals surface area contributed by atoms with E-state index in [1.54, 1.807) is 0 Å². The Hall–Kier alpha value is -3.28. The summed E-state index contributed by atoms with van der Waals surface area (Å²) in [5, 5.41) is 6.48. The summed E-state index contributed by atoms with van der Waals surface area (Å²) in [5.41, 5.74) is 9.57. The average Bonchev–Trinajstić information content (AvgIpc) is 2.62. The zero-order valence-corrected chi connectivity index (χ0v) is 14.3. The molecule has 3 rings (SSSR count). The molecule has 0 bridgehead atoms. The van der Waals surface area contributed by atoms with Gasteiger partial charge >= 0.3 is 0 Å². The number of rotatable bonds is 6. The number of hydrogen-bond donors (Lipinski definition) is 3. The number of nitrogens with two attached hydrogens (primary N) is 1. The number of aromatic nitrogens is 2. The summed E-state index contributed by atoms with van der Waals surface area (Å²) in [6, 6.07) is 15.6. The molecule has 128 valence electrons. The quantitative estimate of drug-likeness (QED) is 0.624. The van der Waals surface area contributed by atoms with Gasteiger partial charge in [-0.3, -0.25) is 0 Å². The molecule has 0 unspecified atom stereocenters. The fraction of sp³-hybridized carbons (Fsp3) is 0.158. The lowest BCUT2D eigenvalue weighted by molar-refractivity contribution is 0.342. The first-order valence-electron chi connectivity index (χ1n) is 8.11. The number of para-hydroxylation sites is 3. The van der Waals surface area contributed by atoms with Crippen LogP contribution in [0.4, 0.5) is 28.7 Å². The van der Waals surface area contributed by atoms with Crippen LogP contribution in [-0.2, 0) is 0 Å². The van der Waals surface area contributed by atoms with E-state index in [2.05, 4.69) is 20.6 Å². The minimum atomic E-state index is 0.442. The van der Waals surface area contributed by atoms with Crippen LogP contribution in [0.5, 0.6) is 5.75 Å². The van der Waals surface area contributed by atoms with Crippen LogP contribution in [0.1, 0.15) is 12.5 Å². The van der Waals surface area contributed by atoms with Gasteiger partial charge in [-0.1, -0.05) is 30.3 Å². The van der Waals surface area contributed by atoms with Crippen LogP contribution in [0, 0.1) is 6.92 Å². The van der Waals surface area contributed by atoms with Crippen LogP contribution in [-0.4, -0.2) is 16.6 Å². The molecule has 0 aliphatic rings. The van der Waals surface area contributed by atoms with Crippen molar-refractivity contribution in [3.63, 3.8) is 0 Å². The van der Waals surface area contributed by atoms with Crippen LogP contribution >= 0.6 is 0 Å². The van der Waals surface area contributed by atoms with Crippen molar-refractivity contribution in [3.05, 3.63) is 60.4 Å². The average molecular weight is 335 g/mol. The Morgan fingerprint density at radius 3 is 2.20 bits per heavy atom. The molecule has 0 saturated carbocycles. The Morgan fingerprint density at radius 1 is 0.920 bits per heavy atom. The monoisotopic (exact) mass is 335 g/mol. The molecule has 0 fully saturated rings. The van der Waals surface area contributed by atoms with Crippen LogP contribution in [0.25, 0.3) is 0 Å². The van der Waals surface area contributed by atoms with Crippen LogP contribution in [0.2, 0.25) is 0 Å². The van der Waals surface area contributed by atoms with Crippen molar-refractivity contribution in [1.82, 2.24) is 9.97 Å². The van der Waals surface area contributed by atoms with Gasteiger partial charge in [0.25, 0.3) is 0 Å². The number of benzene rings is 2. The van der Waals surface area contributed by atoms with Crippen molar-refractivity contribution >= 4 is 28.7 Å². The maximum atomic E-state index is 6.26. The summed E-state index contributed by atoms with van der Waals surface area (Å²) in [5.74, 6) is 1.83. The highest BCUT2D eigenvalue weighted by molar-refractivity contribution is 5.81. The Bertz CT molecular complexity index is 866. The molecule has 0 radical (unpaired) electrons. The fourth-order valence-corrected chi connectivity index (χ4v) is 2.41.